The molecule has 1 unspecified atom stereocenters. The van der Waals surface area contributed by atoms with Gasteiger partial charge in [0.15, 0.2) is 5.69 Å². The minimum Gasteiger partial charge on any atom is -0.464 e. The number of fused-ring (bicyclic) bond motifs is 1. The van der Waals surface area contributed by atoms with Crippen molar-refractivity contribution < 1.29 is 40.3 Å². The first-order chi connectivity index (χ1) is 18.2. The average molecular weight is 592 g/mol. The number of rotatable bonds is 6. The van der Waals surface area contributed by atoms with Crippen molar-refractivity contribution in [3.8, 4) is 11.3 Å². The number of primary amides is 1. The Morgan fingerprint density at radius 2 is 1.92 bits per heavy atom. The summed E-state index contributed by atoms with van der Waals surface area (Å²) in [7, 11) is 0. The summed E-state index contributed by atoms with van der Waals surface area (Å²) in [4.78, 5) is 28.6. The standard InChI is InChI=1S/C23H16ClF6N5O3S/c1-8(35-16(9-4-5-9)14(24)18(34-35)23(28,29)30)20(37)33-15-13-10(11-3-2-6-38-11)7-12(22(25,26)27)32-21(13)39-17(15)19(31)36/h2-3,6-9H,4-5H2,1H3,(H2,31,36)(H,33,37). The molecule has 4 aromatic rings. The van der Waals surface area contributed by atoms with E-state index in [4.69, 9.17) is 21.8 Å². The van der Waals surface area contributed by atoms with Crippen molar-refractivity contribution >= 4 is 50.7 Å². The van der Waals surface area contributed by atoms with E-state index in [1.807, 2.05) is 0 Å². The molecule has 1 atom stereocenters. The van der Waals surface area contributed by atoms with Crippen molar-refractivity contribution in [1.82, 2.24) is 14.8 Å². The third-order valence-electron chi connectivity index (χ3n) is 6.08. The highest BCUT2D eigenvalue weighted by molar-refractivity contribution is 7.21. The van der Waals surface area contributed by atoms with Gasteiger partial charge in [-0.3, -0.25) is 14.3 Å². The second-order valence-electron chi connectivity index (χ2n) is 8.81. The Hall–Kier alpha value is -3.59. The molecule has 0 saturated heterocycles. The van der Waals surface area contributed by atoms with Gasteiger partial charge in [-0.15, -0.1) is 11.3 Å². The van der Waals surface area contributed by atoms with Gasteiger partial charge in [0.25, 0.3) is 5.91 Å². The van der Waals surface area contributed by atoms with Crippen molar-refractivity contribution in [2.75, 3.05) is 5.32 Å². The second kappa shape index (κ2) is 9.26. The molecule has 206 valence electrons. The number of thiophene rings is 1. The SMILES string of the molecule is CC(C(=O)Nc1c(C(N)=O)sc2nc(C(F)(F)F)cc(-c3ccco3)c12)n1nc(C(F)(F)F)c(Cl)c1C1CC1. The Balaban J connectivity index is 1.63. The molecule has 0 bridgehead atoms. The van der Waals surface area contributed by atoms with Crippen molar-refractivity contribution in [3.05, 3.63) is 51.4 Å². The number of pyridine rings is 1. The summed E-state index contributed by atoms with van der Waals surface area (Å²) in [5.74, 6) is -2.33. The topological polar surface area (TPSA) is 116 Å². The van der Waals surface area contributed by atoms with Crippen LogP contribution in [0.5, 0.6) is 0 Å². The van der Waals surface area contributed by atoms with E-state index >= 15 is 0 Å². The number of nitrogens with one attached hydrogen (secondary N) is 1. The van der Waals surface area contributed by atoms with E-state index in [2.05, 4.69) is 15.4 Å². The molecule has 39 heavy (non-hydrogen) atoms. The zero-order chi connectivity index (χ0) is 28.4. The van der Waals surface area contributed by atoms with Gasteiger partial charge < -0.3 is 15.5 Å². The molecule has 0 aliphatic heterocycles. The number of halogens is 7. The molecule has 2 amide bonds. The van der Waals surface area contributed by atoms with E-state index < -0.39 is 46.6 Å². The average Bonchev–Trinajstić information content (AvgIpc) is 3.24. The molecule has 1 aliphatic carbocycles. The number of alkyl halides is 6. The summed E-state index contributed by atoms with van der Waals surface area (Å²) in [6.07, 6.45) is -7.39. The van der Waals surface area contributed by atoms with Gasteiger partial charge in [-0.05, 0) is 38.0 Å². The molecule has 0 radical (unpaired) electrons. The largest absolute Gasteiger partial charge is 0.464 e. The summed E-state index contributed by atoms with van der Waals surface area (Å²) < 4.78 is 87.4. The van der Waals surface area contributed by atoms with Crippen molar-refractivity contribution in [1.29, 1.82) is 0 Å². The Kier molecular flexibility index (Phi) is 6.41. The number of amides is 2. The van der Waals surface area contributed by atoms with Gasteiger partial charge in [0, 0.05) is 16.9 Å². The fourth-order valence-corrected chi connectivity index (χ4v) is 5.52. The lowest BCUT2D eigenvalue weighted by molar-refractivity contribution is -0.142. The minimum atomic E-state index is -4.87. The molecule has 16 heteroatoms. The van der Waals surface area contributed by atoms with E-state index in [1.54, 1.807) is 0 Å². The maximum absolute atomic E-state index is 13.6. The molecular weight excluding hydrogens is 576 g/mol. The number of nitrogens with zero attached hydrogens (tertiary/aromatic N) is 3. The summed E-state index contributed by atoms with van der Waals surface area (Å²) >= 11 is 6.53. The zero-order valence-corrected chi connectivity index (χ0v) is 21.1. The number of nitrogens with two attached hydrogens (primary N) is 1. The number of aromatic nitrogens is 3. The van der Waals surface area contributed by atoms with Crippen LogP contribution in [0.15, 0.2) is 28.9 Å². The lowest BCUT2D eigenvalue weighted by atomic mass is 10.1. The lowest BCUT2D eigenvalue weighted by Gasteiger charge is -2.17. The number of carbonyl (C=O) groups is 2. The summed E-state index contributed by atoms with van der Waals surface area (Å²) in [6.45, 7) is 1.27. The summed E-state index contributed by atoms with van der Waals surface area (Å²) in [5, 5.41) is 5.35. The number of furan rings is 1. The highest BCUT2D eigenvalue weighted by atomic mass is 35.5. The van der Waals surface area contributed by atoms with Crippen LogP contribution in [0.1, 0.15) is 58.5 Å². The molecule has 4 heterocycles. The van der Waals surface area contributed by atoms with Gasteiger partial charge in [-0.2, -0.15) is 31.4 Å². The van der Waals surface area contributed by atoms with Gasteiger partial charge in [0.05, 0.1) is 22.7 Å². The highest BCUT2D eigenvalue weighted by Gasteiger charge is 2.43. The maximum atomic E-state index is 13.6. The number of hydrogen-bond acceptors (Lipinski definition) is 6. The predicted octanol–water partition coefficient (Wildman–Crippen LogP) is 6.62. The van der Waals surface area contributed by atoms with E-state index in [0.29, 0.717) is 30.2 Å². The molecule has 0 aromatic carbocycles. The van der Waals surface area contributed by atoms with E-state index in [-0.39, 0.29) is 43.7 Å². The Morgan fingerprint density at radius 1 is 1.23 bits per heavy atom. The molecule has 1 saturated carbocycles. The molecule has 5 rings (SSSR count). The normalized spacial score (nSPS) is 15.1. The van der Waals surface area contributed by atoms with Crippen LogP contribution in [0.3, 0.4) is 0 Å². The lowest BCUT2D eigenvalue weighted by Crippen LogP contribution is -2.27. The quantitative estimate of drug-likeness (QED) is 0.245. The molecule has 1 fully saturated rings. The van der Waals surface area contributed by atoms with E-state index in [1.165, 1.54) is 25.3 Å². The smallest absolute Gasteiger partial charge is 0.436 e. The van der Waals surface area contributed by atoms with Crippen LogP contribution in [-0.4, -0.2) is 26.6 Å². The molecule has 4 aromatic heterocycles. The molecule has 0 spiro atoms. The molecule has 1 aliphatic rings. The van der Waals surface area contributed by atoms with Gasteiger partial charge in [-0.25, -0.2) is 4.98 Å². The third kappa shape index (κ3) is 4.84. The first-order valence-corrected chi connectivity index (χ1v) is 12.4. The fourth-order valence-electron chi connectivity index (χ4n) is 4.13. The Bertz CT molecular complexity index is 1610. The Labute approximate surface area is 223 Å². The van der Waals surface area contributed by atoms with E-state index in [0.717, 1.165) is 4.68 Å². The highest BCUT2D eigenvalue weighted by Crippen LogP contribution is 2.48. The summed E-state index contributed by atoms with van der Waals surface area (Å²) in [5.41, 5.74) is 2.51. The number of anilines is 1. The zero-order valence-electron chi connectivity index (χ0n) is 19.6. The van der Waals surface area contributed by atoms with Gasteiger partial charge in [0.2, 0.25) is 5.91 Å². The Morgan fingerprint density at radius 3 is 2.46 bits per heavy atom. The monoisotopic (exact) mass is 591 g/mol. The van der Waals surface area contributed by atoms with Crippen molar-refractivity contribution in [3.63, 3.8) is 0 Å². The molecule has 8 nitrogen and oxygen atoms in total. The predicted molar refractivity (Wildman–Crippen MR) is 128 cm³/mol. The van der Waals surface area contributed by atoms with Gasteiger partial charge in [-0.1, -0.05) is 11.6 Å². The summed E-state index contributed by atoms with van der Waals surface area (Å²) in [6, 6.07) is 2.14. The fraction of sp³-hybridized carbons (Fsp3) is 0.304. The van der Waals surface area contributed by atoms with Crippen LogP contribution in [0, 0.1) is 0 Å². The van der Waals surface area contributed by atoms with Crippen molar-refractivity contribution in [2.45, 2.75) is 44.1 Å². The van der Waals surface area contributed by atoms with Crippen LogP contribution < -0.4 is 11.1 Å². The van der Waals surface area contributed by atoms with Crippen LogP contribution in [0.2, 0.25) is 5.02 Å². The first kappa shape index (κ1) is 27.0. The van der Waals surface area contributed by atoms with Gasteiger partial charge >= 0.3 is 12.4 Å². The maximum Gasteiger partial charge on any atom is 0.436 e. The van der Waals surface area contributed by atoms with Crippen LogP contribution >= 0.6 is 22.9 Å². The van der Waals surface area contributed by atoms with Crippen LogP contribution in [0.25, 0.3) is 21.5 Å². The molecular formula is C23H16ClF6N5O3S. The number of hydrogen-bond donors (Lipinski definition) is 2. The minimum absolute atomic E-state index is 0.0186. The van der Waals surface area contributed by atoms with Crippen molar-refractivity contribution in [2.24, 2.45) is 5.73 Å². The third-order valence-corrected chi connectivity index (χ3v) is 7.55. The molecule has 3 N–H and O–H groups in total. The first-order valence-electron chi connectivity index (χ1n) is 11.2. The number of carbonyl (C=O) groups excluding carboxylic acids is 2. The van der Waals surface area contributed by atoms with E-state index in [9.17, 15) is 35.9 Å². The van der Waals surface area contributed by atoms with Gasteiger partial charge in [0.1, 0.15) is 27.2 Å². The second-order valence-corrected chi connectivity index (χ2v) is 10.2. The van der Waals surface area contributed by atoms with Crippen LogP contribution in [-0.2, 0) is 17.1 Å². The van der Waals surface area contributed by atoms with Crippen LogP contribution in [0.4, 0.5) is 32.0 Å².